The lowest BCUT2D eigenvalue weighted by molar-refractivity contribution is 0.0736. The average Bonchev–Trinajstić information content (AvgIpc) is 2.80. The van der Waals surface area contributed by atoms with Crippen LogP contribution >= 0.6 is 0 Å². The third kappa shape index (κ3) is 4.31. The number of nitrogens with one attached hydrogen (secondary N) is 1. The van der Waals surface area contributed by atoms with Crippen LogP contribution in [0.25, 0.3) is 0 Å². The van der Waals surface area contributed by atoms with Gasteiger partial charge in [-0.25, -0.2) is 26.3 Å². The van der Waals surface area contributed by atoms with Crippen molar-refractivity contribution in [1.29, 1.82) is 5.26 Å². The van der Waals surface area contributed by atoms with Gasteiger partial charge in [0.2, 0.25) is 15.8 Å². The smallest absolute Gasteiger partial charge is 0.260 e. The van der Waals surface area contributed by atoms with Gasteiger partial charge in [0.15, 0.2) is 22.3 Å². The average molecular weight is 486 g/mol. The second-order valence-corrected chi connectivity index (χ2v) is 8.77. The number of carbonyl (C=O) groups is 1. The largest absolute Gasteiger partial charge is 0.493 e. The van der Waals surface area contributed by atoms with Gasteiger partial charge in [-0.1, -0.05) is 0 Å². The molecule has 1 N–H and O–H groups in total. The van der Waals surface area contributed by atoms with Crippen LogP contribution in [-0.4, -0.2) is 59.6 Å². The van der Waals surface area contributed by atoms with Gasteiger partial charge in [0, 0.05) is 31.9 Å². The highest BCUT2D eigenvalue weighted by molar-refractivity contribution is 7.89. The van der Waals surface area contributed by atoms with Crippen molar-refractivity contribution in [3.8, 4) is 11.8 Å². The number of nitrogens with zero attached hydrogens (tertiary/aromatic N) is 3. The van der Waals surface area contributed by atoms with Crippen LogP contribution < -0.4 is 14.4 Å². The number of amides is 1. The topological polar surface area (TPSA) is 103 Å². The number of anilines is 1. The zero-order chi connectivity index (χ0) is 24.5. The molecule has 1 aliphatic rings. The highest BCUT2D eigenvalue weighted by Crippen LogP contribution is 2.34. The van der Waals surface area contributed by atoms with Gasteiger partial charge in [-0.2, -0.15) is 9.65 Å². The van der Waals surface area contributed by atoms with Gasteiger partial charge >= 0.3 is 0 Å². The molecular formula is C20H18F4N4O4S. The molecule has 1 aliphatic heterocycles. The molecule has 1 heterocycles. The van der Waals surface area contributed by atoms with Crippen molar-refractivity contribution in [2.75, 3.05) is 45.2 Å². The molecule has 2 aromatic rings. The minimum absolute atomic E-state index is 0.0177. The fraction of sp³-hybridized carbons (Fsp3) is 0.300. The summed E-state index contributed by atoms with van der Waals surface area (Å²) in [7, 11) is -3.02. The number of carbonyl (C=O) groups excluding carboxylic acids is 1. The summed E-state index contributed by atoms with van der Waals surface area (Å²) in [5, 5.41) is 8.83. The molecule has 0 saturated carbocycles. The first-order valence-corrected chi connectivity index (χ1v) is 11.0. The molecule has 0 spiro atoms. The molecule has 8 nitrogen and oxygen atoms in total. The third-order valence-electron chi connectivity index (χ3n) is 5.20. The third-order valence-corrected chi connectivity index (χ3v) is 6.63. The lowest BCUT2D eigenvalue weighted by Crippen LogP contribution is -2.49. The Hall–Kier alpha value is -3.37. The zero-order valence-corrected chi connectivity index (χ0v) is 18.3. The van der Waals surface area contributed by atoms with Crippen molar-refractivity contribution in [3.63, 3.8) is 0 Å². The second-order valence-electron chi connectivity index (χ2n) is 6.94. The van der Waals surface area contributed by atoms with Gasteiger partial charge < -0.3 is 14.5 Å². The standard InChI is InChI=1S/C20H18F4N4O4S/c1-26-33(30,31)19-15(22)14(18(32-2)16(23)17(19)24)20(29)28-7-5-27(6-8-28)12-4-3-11(10-25)13(21)9-12/h3-4,9,26H,5-8H2,1-2H3. The summed E-state index contributed by atoms with van der Waals surface area (Å²) in [4.78, 5) is 14.2. The predicted molar refractivity (Wildman–Crippen MR) is 108 cm³/mol. The Balaban J connectivity index is 1.92. The van der Waals surface area contributed by atoms with Crippen LogP contribution in [0, 0.1) is 34.6 Å². The quantitative estimate of drug-likeness (QED) is 0.512. The minimum atomic E-state index is -4.78. The van der Waals surface area contributed by atoms with E-state index in [4.69, 9.17) is 5.26 Å². The van der Waals surface area contributed by atoms with Gasteiger partial charge in [-0.3, -0.25) is 4.79 Å². The van der Waals surface area contributed by atoms with Crippen molar-refractivity contribution < 1.29 is 35.5 Å². The first-order chi connectivity index (χ1) is 15.6. The van der Waals surface area contributed by atoms with Gasteiger partial charge in [0.05, 0.1) is 12.7 Å². The number of benzene rings is 2. The lowest BCUT2D eigenvalue weighted by atomic mass is 10.1. The summed E-state index contributed by atoms with van der Waals surface area (Å²) in [5.41, 5.74) is -0.721. The van der Waals surface area contributed by atoms with Crippen LogP contribution in [0.1, 0.15) is 15.9 Å². The molecule has 13 heteroatoms. The molecule has 0 aliphatic carbocycles. The minimum Gasteiger partial charge on any atom is -0.493 e. The van der Waals surface area contributed by atoms with Crippen LogP contribution in [-0.2, 0) is 10.0 Å². The SMILES string of the molecule is CNS(=O)(=O)c1c(F)c(F)c(OC)c(C(=O)N2CCN(c3ccc(C#N)c(F)c3)CC2)c1F. The van der Waals surface area contributed by atoms with E-state index in [1.165, 1.54) is 18.2 Å². The second kappa shape index (κ2) is 9.24. The van der Waals surface area contributed by atoms with Crippen LogP contribution in [0.5, 0.6) is 5.75 Å². The summed E-state index contributed by atoms with van der Waals surface area (Å²) in [6.45, 7) is 0.311. The number of halogens is 4. The number of sulfonamides is 1. The fourth-order valence-corrected chi connectivity index (χ4v) is 4.32. The molecule has 0 atom stereocenters. The molecule has 1 amide bonds. The molecule has 1 saturated heterocycles. The maximum atomic E-state index is 15.1. The highest BCUT2D eigenvalue weighted by Gasteiger charge is 2.37. The molecule has 33 heavy (non-hydrogen) atoms. The Bertz CT molecular complexity index is 1260. The van der Waals surface area contributed by atoms with E-state index in [0.29, 0.717) is 5.69 Å². The number of methoxy groups -OCH3 is 1. The van der Waals surface area contributed by atoms with E-state index in [1.807, 2.05) is 0 Å². The maximum Gasteiger partial charge on any atom is 0.260 e. The van der Waals surface area contributed by atoms with Crippen LogP contribution in [0.2, 0.25) is 0 Å². The van der Waals surface area contributed by atoms with Crippen molar-refractivity contribution >= 4 is 21.6 Å². The van der Waals surface area contributed by atoms with Gasteiger partial charge in [0.25, 0.3) is 5.91 Å². The molecule has 0 radical (unpaired) electrons. The first kappa shape index (κ1) is 24.3. The van der Waals surface area contributed by atoms with E-state index in [2.05, 4.69) is 4.74 Å². The summed E-state index contributed by atoms with van der Waals surface area (Å²) >= 11 is 0. The Morgan fingerprint density at radius 2 is 1.73 bits per heavy atom. The number of hydrogen-bond acceptors (Lipinski definition) is 6. The molecule has 1 fully saturated rings. The molecule has 176 valence electrons. The first-order valence-electron chi connectivity index (χ1n) is 9.49. The maximum absolute atomic E-state index is 15.1. The van der Waals surface area contributed by atoms with Crippen LogP contribution in [0.3, 0.4) is 0 Å². The summed E-state index contributed by atoms with van der Waals surface area (Å²) in [6, 6.07) is 5.73. The highest BCUT2D eigenvalue weighted by atomic mass is 32.2. The monoisotopic (exact) mass is 486 g/mol. The van der Waals surface area contributed by atoms with Crippen LogP contribution in [0.15, 0.2) is 23.1 Å². The van der Waals surface area contributed by atoms with Gasteiger partial charge in [0.1, 0.15) is 17.4 Å². The van der Waals surface area contributed by atoms with E-state index >= 15 is 4.39 Å². The molecule has 0 aromatic heterocycles. The molecule has 0 unspecified atom stereocenters. The van der Waals surface area contributed by atoms with Crippen molar-refractivity contribution in [2.45, 2.75) is 4.90 Å². The molecule has 3 rings (SSSR count). The van der Waals surface area contributed by atoms with Crippen molar-refractivity contribution in [2.24, 2.45) is 0 Å². The normalized spacial score (nSPS) is 14.2. The molecule has 2 aromatic carbocycles. The lowest BCUT2D eigenvalue weighted by Gasteiger charge is -2.36. The Morgan fingerprint density at radius 3 is 2.24 bits per heavy atom. The fourth-order valence-electron chi connectivity index (χ4n) is 3.46. The zero-order valence-electron chi connectivity index (χ0n) is 17.5. The summed E-state index contributed by atoms with van der Waals surface area (Å²) in [6.07, 6.45) is 0. The van der Waals surface area contributed by atoms with E-state index in [9.17, 15) is 26.4 Å². The summed E-state index contributed by atoms with van der Waals surface area (Å²) < 4.78 is 88.2. The van der Waals surface area contributed by atoms with E-state index < -0.39 is 55.4 Å². The number of hydrogen-bond donors (Lipinski definition) is 1. The Labute approximate surface area is 187 Å². The van der Waals surface area contributed by atoms with Crippen molar-refractivity contribution in [1.82, 2.24) is 9.62 Å². The van der Waals surface area contributed by atoms with E-state index in [0.717, 1.165) is 19.1 Å². The Morgan fingerprint density at radius 1 is 1.09 bits per heavy atom. The number of ether oxygens (including phenoxy) is 1. The van der Waals surface area contributed by atoms with Crippen LogP contribution in [0.4, 0.5) is 23.2 Å². The van der Waals surface area contributed by atoms with Gasteiger partial charge in [-0.15, -0.1) is 0 Å². The van der Waals surface area contributed by atoms with Gasteiger partial charge in [-0.05, 0) is 25.2 Å². The van der Waals surface area contributed by atoms with E-state index in [1.54, 1.807) is 15.7 Å². The Kier molecular flexibility index (Phi) is 6.80. The van der Waals surface area contributed by atoms with Crippen molar-refractivity contribution in [3.05, 3.63) is 52.6 Å². The van der Waals surface area contributed by atoms with E-state index in [-0.39, 0.29) is 31.7 Å². The summed E-state index contributed by atoms with van der Waals surface area (Å²) in [5.74, 6) is -8.46. The molecular weight excluding hydrogens is 468 g/mol. The number of piperazine rings is 1. The number of nitriles is 1. The number of rotatable bonds is 5. The molecule has 0 bridgehead atoms. The predicted octanol–water partition coefficient (Wildman–Crippen LogP) is 1.99.